The molecule has 2 aromatic heterocycles. The molecule has 106 valence electrons. The van der Waals surface area contributed by atoms with Crippen LogP contribution in [0.2, 0.25) is 0 Å². The molecule has 4 nitrogen and oxygen atoms in total. The molecule has 0 N–H and O–H groups in total. The van der Waals surface area contributed by atoms with Gasteiger partial charge in [-0.05, 0) is 22.0 Å². The first kappa shape index (κ1) is 17.4. The number of hydrogen-bond donors (Lipinski definition) is 0. The Morgan fingerprint density at radius 1 is 1.32 bits per heavy atom. The van der Waals surface area contributed by atoms with Gasteiger partial charge in [-0.15, -0.1) is 0 Å². The molecule has 0 aliphatic carbocycles. The van der Waals surface area contributed by atoms with E-state index >= 15 is 0 Å². The van der Waals surface area contributed by atoms with Crippen LogP contribution in [0.1, 0.15) is 5.56 Å². The molecule has 0 radical (unpaired) electrons. The van der Waals surface area contributed by atoms with E-state index in [9.17, 15) is 14.7 Å². The maximum Gasteiger partial charge on any atom is 1.00 e. The van der Waals surface area contributed by atoms with E-state index in [1.807, 2.05) is 10.8 Å². The Hall–Kier alpha value is -0.920. The first-order valence-electron chi connectivity index (χ1n) is 6.04. The standard InChI is InChI=1S/C15H9BrO4S.Na/c16-11-7-21-6-10(11)13-5-12(17)9-3-1-2-8(4-14(18)19)15(9)20-13;/h1-3,5-7H,4H2,(H,18,19);/q;+1/p-1. The van der Waals surface area contributed by atoms with Gasteiger partial charge in [0.15, 0.2) is 5.43 Å². The van der Waals surface area contributed by atoms with Crippen LogP contribution in [0.15, 0.2) is 48.7 Å². The van der Waals surface area contributed by atoms with Crippen molar-refractivity contribution < 1.29 is 43.9 Å². The van der Waals surface area contributed by atoms with E-state index in [4.69, 9.17) is 4.42 Å². The molecule has 22 heavy (non-hydrogen) atoms. The minimum atomic E-state index is -1.22. The van der Waals surface area contributed by atoms with Gasteiger partial charge in [-0.1, -0.05) is 12.1 Å². The molecule has 0 bridgehead atoms. The number of carbonyl (C=O) groups excluding carboxylic acids is 1. The number of hydrogen-bond acceptors (Lipinski definition) is 5. The molecule has 0 saturated heterocycles. The van der Waals surface area contributed by atoms with E-state index in [2.05, 4.69) is 15.9 Å². The van der Waals surface area contributed by atoms with Gasteiger partial charge in [-0.2, -0.15) is 11.3 Å². The van der Waals surface area contributed by atoms with Crippen molar-refractivity contribution in [2.45, 2.75) is 6.42 Å². The zero-order valence-electron chi connectivity index (χ0n) is 11.6. The minimum absolute atomic E-state index is 0. The summed E-state index contributed by atoms with van der Waals surface area (Å²) in [6.45, 7) is 0. The van der Waals surface area contributed by atoms with Crippen LogP contribution in [0.3, 0.4) is 0 Å². The van der Waals surface area contributed by atoms with Gasteiger partial charge >= 0.3 is 29.6 Å². The zero-order valence-corrected chi connectivity index (χ0v) is 16.0. The van der Waals surface area contributed by atoms with E-state index < -0.39 is 5.97 Å². The molecule has 7 heteroatoms. The van der Waals surface area contributed by atoms with E-state index in [1.165, 1.54) is 17.4 Å². The number of benzene rings is 1. The van der Waals surface area contributed by atoms with Crippen molar-refractivity contribution in [1.82, 2.24) is 0 Å². The summed E-state index contributed by atoms with van der Waals surface area (Å²) in [6, 6.07) is 6.29. The molecule has 0 unspecified atom stereocenters. The summed E-state index contributed by atoms with van der Waals surface area (Å²) in [5.41, 5.74) is 1.28. The number of thiophene rings is 1. The summed E-state index contributed by atoms with van der Waals surface area (Å²) in [5, 5.41) is 14.9. The molecule has 0 aliphatic heterocycles. The fraction of sp³-hybridized carbons (Fsp3) is 0.0667. The summed E-state index contributed by atoms with van der Waals surface area (Å²) in [7, 11) is 0. The Morgan fingerprint density at radius 3 is 2.73 bits per heavy atom. The third-order valence-electron chi connectivity index (χ3n) is 3.05. The first-order chi connectivity index (χ1) is 10.1. The molecular weight excluding hydrogens is 379 g/mol. The fourth-order valence-electron chi connectivity index (χ4n) is 2.12. The Kier molecular flexibility index (Phi) is 5.63. The van der Waals surface area contributed by atoms with Gasteiger partial charge in [0.05, 0.1) is 5.39 Å². The maximum atomic E-state index is 12.2. The molecule has 1 aromatic carbocycles. The zero-order chi connectivity index (χ0) is 15.0. The molecule has 0 atom stereocenters. The Bertz CT molecular complexity index is 900. The second-order valence-corrected chi connectivity index (χ2v) is 6.05. The predicted octanol–water partition coefficient (Wildman–Crippen LogP) is -0.420. The molecular formula is C15H8BrNaO4S. The molecule has 0 amide bonds. The first-order valence-corrected chi connectivity index (χ1v) is 7.77. The van der Waals surface area contributed by atoms with E-state index in [0.717, 1.165) is 10.0 Å². The molecule has 0 aliphatic rings. The van der Waals surface area contributed by atoms with Crippen LogP contribution in [0, 0.1) is 0 Å². The number of aliphatic carboxylic acids is 1. The van der Waals surface area contributed by atoms with Crippen molar-refractivity contribution >= 4 is 44.2 Å². The minimum Gasteiger partial charge on any atom is -0.550 e. The third-order valence-corrected chi connectivity index (χ3v) is 4.75. The van der Waals surface area contributed by atoms with Gasteiger partial charge in [0.25, 0.3) is 0 Å². The number of fused-ring (bicyclic) bond motifs is 1. The fourth-order valence-corrected chi connectivity index (χ4v) is 3.60. The Labute approximate surface area is 160 Å². The van der Waals surface area contributed by atoms with Crippen molar-refractivity contribution in [1.29, 1.82) is 0 Å². The van der Waals surface area contributed by atoms with Crippen molar-refractivity contribution in [2.24, 2.45) is 0 Å². The normalized spacial score (nSPS) is 10.4. The van der Waals surface area contributed by atoms with Crippen LogP contribution in [0.25, 0.3) is 22.3 Å². The van der Waals surface area contributed by atoms with Gasteiger partial charge in [-0.25, -0.2) is 0 Å². The van der Waals surface area contributed by atoms with Crippen LogP contribution in [-0.2, 0) is 11.2 Å². The van der Waals surface area contributed by atoms with Gasteiger partial charge < -0.3 is 14.3 Å². The number of para-hydroxylation sites is 1. The van der Waals surface area contributed by atoms with Crippen LogP contribution in [0.4, 0.5) is 0 Å². The molecule has 3 aromatic rings. The number of carboxylic acids is 1. The van der Waals surface area contributed by atoms with Gasteiger partial charge in [-0.3, -0.25) is 4.79 Å². The van der Waals surface area contributed by atoms with E-state index in [1.54, 1.807) is 18.2 Å². The molecule has 2 heterocycles. The molecule has 0 spiro atoms. The van der Waals surface area contributed by atoms with Gasteiger partial charge in [0.1, 0.15) is 11.3 Å². The maximum absolute atomic E-state index is 12.2. The molecule has 0 saturated carbocycles. The van der Waals surface area contributed by atoms with Crippen LogP contribution in [0.5, 0.6) is 0 Å². The second kappa shape index (κ2) is 7.10. The smallest absolute Gasteiger partial charge is 0.550 e. The number of carbonyl (C=O) groups is 1. The molecule has 0 fully saturated rings. The number of carboxylic acid groups (broad SMARTS) is 1. The quantitative estimate of drug-likeness (QED) is 0.573. The average molecular weight is 387 g/mol. The summed E-state index contributed by atoms with van der Waals surface area (Å²) < 4.78 is 6.61. The third kappa shape index (κ3) is 3.36. The second-order valence-electron chi connectivity index (χ2n) is 4.45. The predicted molar refractivity (Wildman–Crippen MR) is 82.2 cm³/mol. The van der Waals surface area contributed by atoms with E-state index in [-0.39, 0.29) is 41.4 Å². The van der Waals surface area contributed by atoms with Crippen molar-refractivity contribution in [3.05, 3.63) is 55.3 Å². The summed E-state index contributed by atoms with van der Waals surface area (Å²) in [5.74, 6) is -0.807. The van der Waals surface area contributed by atoms with Gasteiger partial charge in [0.2, 0.25) is 0 Å². The van der Waals surface area contributed by atoms with Crippen LogP contribution in [-0.4, -0.2) is 5.97 Å². The monoisotopic (exact) mass is 386 g/mol. The van der Waals surface area contributed by atoms with Crippen molar-refractivity contribution in [2.75, 3.05) is 0 Å². The SMILES string of the molecule is O=C([O-])Cc1cccc2c(=O)cc(-c3cscc3Br)oc12.[Na+]. The number of halogens is 1. The van der Waals surface area contributed by atoms with Crippen LogP contribution >= 0.6 is 27.3 Å². The van der Waals surface area contributed by atoms with Crippen molar-refractivity contribution in [3.63, 3.8) is 0 Å². The summed E-state index contributed by atoms with van der Waals surface area (Å²) >= 11 is 4.87. The summed E-state index contributed by atoms with van der Waals surface area (Å²) in [6.07, 6.45) is -0.297. The largest absolute Gasteiger partial charge is 1.00 e. The Balaban J connectivity index is 0.00000176. The van der Waals surface area contributed by atoms with Crippen LogP contribution < -0.4 is 40.1 Å². The van der Waals surface area contributed by atoms with Gasteiger partial charge in [0, 0.05) is 44.8 Å². The van der Waals surface area contributed by atoms with Crippen molar-refractivity contribution in [3.8, 4) is 11.3 Å². The average Bonchev–Trinajstić information content (AvgIpc) is 2.85. The molecule has 3 rings (SSSR count). The number of rotatable bonds is 3. The Morgan fingerprint density at radius 2 is 2.09 bits per heavy atom. The summed E-state index contributed by atoms with van der Waals surface area (Å²) in [4.78, 5) is 23.0. The topological polar surface area (TPSA) is 70.3 Å². The van der Waals surface area contributed by atoms with E-state index in [0.29, 0.717) is 22.3 Å².